The molecule has 5 heteroatoms. The van der Waals surface area contributed by atoms with Crippen LogP contribution in [0.2, 0.25) is 0 Å². The minimum Gasteiger partial charge on any atom is -0.497 e. The molecule has 0 radical (unpaired) electrons. The first-order chi connectivity index (χ1) is 11.5. The third kappa shape index (κ3) is 5.13. The highest BCUT2D eigenvalue weighted by atomic mass is 16.5. The fraction of sp³-hybridized carbons (Fsp3) is 0.632. The lowest BCUT2D eigenvalue weighted by Gasteiger charge is -2.34. The van der Waals surface area contributed by atoms with E-state index in [2.05, 4.69) is 24.1 Å². The lowest BCUT2D eigenvalue weighted by Crippen LogP contribution is -2.40. The van der Waals surface area contributed by atoms with E-state index in [9.17, 15) is 4.79 Å². The molecule has 1 aromatic rings. The van der Waals surface area contributed by atoms with Gasteiger partial charge in [0.2, 0.25) is 0 Å². The smallest absolute Gasteiger partial charge is 0.255 e. The van der Waals surface area contributed by atoms with Gasteiger partial charge in [0.15, 0.2) is 0 Å². The summed E-state index contributed by atoms with van der Waals surface area (Å²) in [5, 5.41) is 2.99. The van der Waals surface area contributed by atoms with Gasteiger partial charge < -0.3 is 19.7 Å². The molecule has 2 rings (SSSR count). The number of likely N-dealkylation sites (tertiary alicyclic amines) is 1. The van der Waals surface area contributed by atoms with E-state index in [4.69, 9.17) is 9.47 Å². The molecule has 0 spiro atoms. The van der Waals surface area contributed by atoms with Gasteiger partial charge in [-0.25, -0.2) is 0 Å². The Morgan fingerprint density at radius 3 is 2.54 bits per heavy atom. The molecular weight excluding hydrogens is 304 g/mol. The highest BCUT2D eigenvalue weighted by Crippen LogP contribution is 2.24. The van der Waals surface area contributed by atoms with Crippen LogP contribution in [0.15, 0.2) is 18.2 Å². The Balaban J connectivity index is 1.79. The summed E-state index contributed by atoms with van der Waals surface area (Å²) < 4.78 is 10.4. The Labute approximate surface area is 145 Å². The topological polar surface area (TPSA) is 50.8 Å². The van der Waals surface area contributed by atoms with Crippen molar-refractivity contribution in [3.8, 4) is 11.5 Å². The quantitative estimate of drug-likeness (QED) is 0.779. The Morgan fingerprint density at radius 2 is 1.92 bits per heavy atom. The highest BCUT2D eigenvalue weighted by molar-refractivity contribution is 5.97. The van der Waals surface area contributed by atoms with E-state index in [1.165, 1.54) is 19.5 Å². The number of carbonyl (C=O) groups excluding carboxylic acids is 1. The summed E-state index contributed by atoms with van der Waals surface area (Å²) in [5.74, 6) is 2.65. The van der Waals surface area contributed by atoms with Crippen LogP contribution in [0.1, 0.15) is 37.0 Å². The van der Waals surface area contributed by atoms with Crippen molar-refractivity contribution in [2.75, 3.05) is 40.4 Å². The lowest BCUT2D eigenvalue weighted by atomic mass is 9.92. The number of hydrogen-bond acceptors (Lipinski definition) is 4. The zero-order valence-electron chi connectivity index (χ0n) is 15.3. The minimum absolute atomic E-state index is 0.102. The predicted molar refractivity (Wildman–Crippen MR) is 95.9 cm³/mol. The van der Waals surface area contributed by atoms with Crippen LogP contribution in [-0.4, -0.2) is 51.2 Å². The molecule has 1 saturated heterocycles. The number of rotatable bonds is 7. The Kier molecular flexibility index (Phi) is 6.91. The number of piperidine rings is 1. The summed E-state index contributed by atoms with van der Waals surface area (Å²) in [6, 6.07) is 5.24. The standard InChI is InChI=1S/C19H30N2O3/c1-14-10-15(2)13-21(12-14)9-5-8-20-19(22)17-7-6-16(23-3)11-18(17)24-4/h6-7,11,14-15H,5,8-10,12-13H2,1-4H3,(H,20,22). The van der Waals surface area contributed by atoms with Gasteiger partial charge in [0.1, 0.15) is 11.5 Å². The summed E-state index contributed by atoms with van der Waals surface area (Å²) in [6.45, 7) is 8.69. The van der Waals surface area contributed by atoms with Crippen molar-refractivity contribution in [1.29, 1.82) is 0 Å². The fourth-order valence-electron chi connectivity index (χ4n) is 3.56. The molecule has 0 aliphatic carbocycles. The number of carbonyl (C=O) groups is 1. The van der Waals surface area contributed by atoms with Crippen LogP contribution in [0.25, 0.3) is 0 Å². The first kappa shape index (κ1) is 18.6. The van der Waals surface area contributed by atoms with E-state index in [-0.39, 0.29) is 5.91 Å². The molecule has 0 bridgehead atoms. The summed E-state index contributed by atoms with van der Waals surface area (Å²) in [7, 11) is 3.15. The number of ether oxygens (including phenoxy) is 2. The first-order valence-corrected chi connectivity index (χ1v) is 8.76. The molecule has 0 aromatic heterocycles. The highest BCUT2D eigenvalue weighted by Gasteiger charge is 2.21. The van der Waals surface area contributed by atoms with E-state index in [0.717, 1.165) is 24.8 Å². The molecule has 1 heterocycles. The van der Waals surface area contributed by atoms with Crippen LogP contribution in [-0.2, 0) is 0 Å². The average Bonchev–Trinajstić information content (AvgIpc) is 2.57. The molecule has 24 heavy (non-hydrogen) atoms. The van der Waals surface area contributed by atoms with Crippen molar-refractivity contribution in [3.05, 3.63) is 23.8 Å². The Hall–Kier alpha value is -1.75. The average molecular weight is 334 g/mol. The molecule has 1 aliphatic rings. The van der Waals surface area contributed by atoms with Crippen molar-refractivity contribution in [1.82, 2.24) is 10.2 Å². The maximum absolute atomic E-state index is 12.3. The van der Waals surface area contributed by atoms with Gasteiger partial charge in [-0.3, -0.25) is 4.79 Å². The molecule has 1 N–H and O–H groups in total. The molecule has 0 saturated carbocycles. The number of benzene rings is 1. The zero-order chi connectivity index (χ0) is 17.5. The largest absolute Gasteiger partial charge is 0.497 e. The number of amides is 1. The number of nitrogens with zero attached hydrogens (tertiary/aromatic N) is 1. The SMILES string of the molecule is COc1ccc(C(=O)NCCCN2CC(C)CC(C)C2)c(OC)c1. The van der Waals surface area contributed by atoms with Crippen molar-refractivity contribution in [2.45, 2.75) is 26.7 Å². The minimum atomic E-state index is -0.102. The van der Waals surface area contributed by atoms with Crippen LogP contribution in [0.4, 0.5) is 0 Å². The van der Waals surface area contributed by atoms with Gasteiger partial charge in [0.05, 0.1) is 19.8 Å². The van der Waals surface area contributed by atoms with Gasteiger partial charge in [0, 0.05) is 25.7 Å². The van der Waals surface area contributed by atoms with E-state index in [0.29, 0.717) is 23.6 Å². The van der Waals surface area contributed by atoms with E-state index < -0.39 is 0 Å². The third-order valence-electron chi connectivity index (χ3n) is 4.53. The molecule has 134 valence electrons. The van der Waals surface area contributed by atoms with Gasteiger partial charge >= 0.3 is 0 Å². The van der Waals surface area contributed by atoms with E-state index in [1.54, 1.807) is 32.4 Å². The molecule has 1 aromatic carbocycles. The van der Waals surface area contributed by atoms with Crippen molar-refractivity contribution in [3.63, 3.8) is 0 Å². The van der Waals surface area contributed by atoms with Crippen LogP contribution < -0.4 is 14.8 Å². The summed E-state index contributed by atoms with van der Waals surface area (Å²) >= 11 is 0. The van der Waals surface area contributed by atoms with Crippen LogP contribution >= 0.6 is 0 Å². The van der Waals surface area contributed by atoms with Crippen molar-refractivity contribution in [2.24, 2.45) is 11.8 Å². The maximum atomic E-state index is 12.3. The van der Waals surface area contributed by atoms with E-state index >= 15 is 0 Å². The van der Waals surface area contributed by atoms with Gasteiger partial charge in [-0.1, -0.05) is 13.8 Å². The van der Waals surface area contributed by atoms with Gasteiger partial charge in [-0.05, 0) is 43.4 Å². The Bertz CT molecular complexity index is 537. The van der Waals surface area contributed by atoms with Gasteiger partial charge in [0.25, 0.3) is 5.91 Å². The third-order valence-corrected chi connectivity index (χ3v) is 4.53. The molecule has 2 unspecified atom stereocenters. The molecular formula is C19H30N2O3. The number of nitrogens with one attached hydrogen (secondary N) is 1. The second-order valence-corrected chi connectivity index (χ2v) is 6.88. The summed E-state index contributed by atoms with van der Waals surface area (Å²) in [4.78, 5) is 14.8. The zero-order valence-corrected chi connectivity index (χ0v) is 15.3. The van der Waals surface area contributed by atoms with E-state index in [1.807, 2.05) is 0 Å². The van der Waals surface area contributed by atoms with Gasteiger partial charge in [-0.2, -0.15) is 0 Å². The molecule has 2 atom stereocenters. The maximum Gasteiger partial charge on any atom is 0.255 e. The van der Waals surface area contributed by atoms with Gasteiger partial charge in [-0.15, -0.1) is 0 Å². The van der Waals surface area contributed by atoms with Crippen LogP contribution in [0.3, 0.4) is 0 Å². The number of methoxy groups -OCH3 is 2. The number of hydrogen-bond donors (Lipinski definition) is 1. The predicted octanol–water partition coefficient (Wildman–Crippen LogP) is 2.80. The van der Waals surface area contributed by atoms with Crippen molar-refractivity contribution < 1.29 is 14.3 Å². The molecule has 1 amide bonds. The second kappa shape index (κ2) is 8.92. The molecule has 1 fully saturated rings. The van der Waals surface area contributed by atoms with Crippen molar-refractivity contribution >= 4 is 5.91 Å². The molecule has 5 nitrogen and oxygen atoms in total. The second-order valence-electron chi connectivity index (χ2n) is 6.88. The normalized spacial score (nSPS) is 21.3. The van der Waals surface area contributed by atoms with Crippen LogP contribution in [0.5, 0.6) is 11.5 Å². The molecule has 1 aliphatic heterocycles. The summed E-state index contributed by atoms with van der Waals surface area (Å²) in [6.07, 6.45) is 2.29. The monoisotopic (exact) mass is 334 g/mol. The Morgan fingerprint density at radius 1 is 1.21 bits per heavy atom. The lowest BCUT2D eigenvalue weighted by molar-refractivity contribution is 0.0944. The fourth-order valence-corrected chi connectivity index (χ4v) is 3.56. The summed E-state index contributed by atoms with van der Waals surface area (Å²) in [5.41, 5.74) is 0.540. The first-order valence-electron chi connectivity index (χ1n) is 8.76. The van der Waals surface area contributed by atoms with Crippen LogP contribution in [0, 0.1) is 11.8 Å².